The molecule has 1 aromatic rings. The highest BCUT2D eigenvalue weighted by molar-refractivity contribution is 6.30. The molecule has 3 rings (SSSR count). The van der Waals surface area contributed by atoms with E-state index < -0.39 is 5.41 Å². The summed E-state index contributed by atoms with van der Waals surface area (Å²) in [5, 5.41) is 0.662. The maximum absolute atomic E-state index is 13.3. The second-order valence-electron chi connectivity index (χ2n) is 6.79. The zero-order valence-corrected chi connectivity index (χ0v) is 14.8. The molecule has 0 spiro atoms. The Bertz CT molecular complexity index is 627. The fourth-order valence-electron chi connectivity index (χ4n) is 3.86. The Morgan fingerprint density at radius 3 is 2.75 bits per heavy atom. The van der Waals surface area contributed by atoms with Crippen LogP contribution in [0.15, 0.2) is 24.3 Å². The molecule has 1 saturated carbocycles. The summed E-state index contributed by atoms with van der Waals surface area (Å²) in [7, 11) is 0. The zero-order valence-electron chi connectivity index (χ0n) is 14.1. The van der Waals surface area contributed by atoms with E-state index in [0.29, 0.717) is 18.2 Å². The molecular formula is C19H24ClNO3. The summed E-state index contributed by atoms with van der Waals surface area (Å²) in [5.74, 6) is -0.232. The number of piperidine rings is 1. The van der Waals surface area contributed by atoms with Crippen LogP contribution in [0, 0.1) is 5.92 Å². The van der Waals surface area contributed by atoms with Gasteiger partial charge in [0.1, 0.15) is 0 Å². The molecule has 1 atom stereocenters. The summed E-state index contributed by atoms with van der Waals surface area (Å²) in [6.45, 7) is 3.39. The molecule has 1 unspecified atom stereocenters. The number of benzene rings is 1. The summed E-state index contributed by atoms with van der Waals surface area (Å²) < 4.78 is 5.14. The van der Waals surface area contributed by atoms with Gasteiger partial charge in [0.15, 0.2) is 0 Å². The Morgan fingerprint density at radius 2 is 2.12 bits per heavy atom. The second kappa shape index (κ2) is 7.14. The normalized spacial score (nSPS) is 22.6. The van der Waals surface area contributed by atoms with Crippen LogP contribution >= 0.6 is 11.6 Å². The van der Waals surface area contributed by atoms with Crippen LogP contribution in [0.25, 0.3) is 0 Å². The number of hydrogen-bond acceptors (Lipinski definition) is 3. The predicted molar refractivity (Wildman–Crippen MR) is 92.9 cm³/mol. The lowest BCUT2D eigenvalue weighted by Gasteiger charge is -2.45. The van der Waals surface area contributed by atoms with E-state index in [0.717, 1.165) is 44.2 Å². The average Bonchev–Trinajstić information content (AvgIpc) is 2.54. The third kappa shape index (κ3) is 3.16. The summed E-state index contributed by atoms with van der Waals surface area (Å²) in [5.41, 5.74) is 0.547. The van der Waals surface area contributed by atoms with E-state index in [9.17, 15) is 9.59 Å². The molecule has 1 aliphatic heterocycles. The number of amides is 1. The van der Waals surface area contributed by atoms with Crippen LogP contribution in [0.2, 0.25) is 5.02 Å². The lowest BCUT2D eigenvalue weighted by molar-refractivity contribution is -0.153. The molecule has 0 aromatic heterocycles. The molecule has 2 fully saturated rings. The molecule has 24 heavy (non-hydrogen) atoms. The molecule has 1 saturated heterocycles. The van der Waals surface area contributed by atoms with Crippen molar-refractivity contribution in [3.05, 3.63) is 34.9 Å². The van der Waals surface area contributed by atoms with Crippen LogP contribution in [-0.4, -0.2) is 36.5 Å². The first-order valence-electron chi connectivity index (χ1n) is 8.79. The van der Waals surface area contributed by atoms with Gasteiger partial charge >= 0.3 is 5.97 Å². The number of nitrogens with zero attached hydrogens (tertiary/aromatic N) is 1. The average molecular weight is 350 g/mol. The highest BCUT2D eigenvalue weighted by Gasteiger charge is 2.48. The van der Waals surface area contributed by atoms with E-state index >= 15 is 0 Å². The third-order valence-electron chi connectivity index (χ3n) is 5.32. The molecule has 0 radical (unpaired) electrons. The fraction of sp³-hybridized carbons (Fsp3) is 0.579. The van der Waals surface area contributed by atoms with Crippen molar-refractivity contribution in [2.24, 2.45) is 5.92 Å². The van der Waals surface area contributed by atoms with Crippen LogP contribution in [0.4, 0.5) is 0 Å². The van der Waals surface area contributed by atoms with Gasteiger partial charge in [0.25, 0.3) is 0 Å². The van der Waals surface area contributed by atoms with Crippen molar-refractivity contribution in [3.8, 4) is 0 Å². The SMILES string of the molecule is CCOC(=O)C1CCCN(C(=O)C2(c3cccc(Cl)c3)CCC2)C1. The molecule has 0 bridgehead atoms. The molecule has 4 nitrogen and oxygen atoms in total. The van der Waals surface area contributed by atoms with Crippen molar-refractivity contribution >= 4 is 23.5 Å². The van der Waals surface area contributed by atoms with Gasteiger partial charge in [0, 0.05) is 18.1 Å². The van der Waals surface area contributed by atoms with E-state index in [1.165, 1.54) is 0 Å². The zero-order chi connectivity index (χ0) is 17.2. The molecule has 1 aromatic carbocycles. The minimum absolute atomic E-state index is 0.144. The highest BCUT2D eigenvalue weighted by Crippen LogP contribution is 2.46. The number of carbonyl (C=O) groups is 2. The molecule has 2 aliphatic rings. The summed E-state index contributed by atoms with van der Waals surface area (Å²) in [6, 6.07) is 7.64. The Labute approximate surface area is 148 Å². The van der Waals surface area contributed by atoms with Gasteiger partial charge in [-0.3, -0.25) is 9.59 Å². The van der Waals surface area contributed by atoms with E-state index in [1.807, 2.05) is 36.1 Å². The van der Waals surface area contributed by atoms with Crippen molar-refractivity contribution in [1.29, 1.82) is 0 Å². The van der Waals surface area contributed by atoms with E-state index in [-0.39, 0.29) is 17.8 Å². The van der Waals surface area contributed by atoms with Crippen molar-refractivity contribution in [2.75, 3.05) is 19.7 Å². The van der Waals surface area contributed by atoms with Crippen molar-refractivity contribution in [2.45, 2.75) is 44.4 Å². The summed E-state index contributed by atoms with van der Waals surface area (Å²) in [4.78, 5) is 27.2. The first-order valence-corrected chi connectivity index (χ1v) is 9.16. The molecule has 1 amide bonds. The molecular weight excluding hydrogens is 326 g/mol. The first kappa shape index (κ1) is 17.3. The minimum atomic E-state index is -0.457. The van der Waals surface area contributed by atoms with Crippen molar-refractivity contribution in [3.63, 3.8) is 0 Å². The van der Waals surface area contributed by atoms with Gasteiger partial charge in [-0.05, 0) is 50.3 Å². The van der Waals surface area contributed by atoms with Gasteiger partial charge < -0.3 is 9.64 Å². The highest BCUT2D eigenvalue weighted by atomic mass is 35.5. The Morgan fingerprint density at radius 1 is 1.33 bits per heavy atom. The monoisotopic (exact) mass is 349 g/mol. The maximum Gasteiger partial charge on any atom is 0.310 e. The van der Waals surface area contributed by atoms with Gasteiger partial charge in [-0.2, -0.15) is 0 Å². The Kier molecular flexibility index (Phi) is 5.14. The number of rotatable bonds is 4. The van der Waals surface area contributed by atoms with Gasteiger partial charge in [-0.25, -0.2) is 0 Å². The lowest BCUT2D eigenvalue weighted by Crippen LogP contribution is -2.54. The molecule has 1 heterocycles. The number of halogens is 1. The number of ether oxygens (including phenoxy) is 1. The van der Waals surface area contributed by atoms with Crippen LogP contribution < -0.4 is 0 Å². The Hall–Kier alpha value is -1.55. The third-order valence-corrected chi connectivity index (χ3v) is 5.56. The van der Waals surface area contributed by atoms with Crippen LogP contribution in [-0.2, 0) is 19.7 Å². The maximum atomic E-state index is 13.3. The number of carbonyl (C=O) groups excluding carboxylic acids is 2. The number of likely N-dealkylation sites (tertiary alicyclic amines) is 1. The topological polar surface area (TPSA) is 46.6 Å². The van der Waals surface area contributed by atoms with Crippen LogP contribution in [0.1, 0.15) is 44.6 Å². The summed E-state index contributed by atoms with van der Waals surface area (Å²) >= 11 is 6.14. The van der Waals surface area contributed by atoms with Gasteiger partial charge in [-0.15, -0.1) is 0 Å². The fourth-order valence-corrected chi connectivity index (χ4v) is 4.05. The Balaban J connectivity index is 1.78. The summed E-state index contributed by atoms with van der Waals surface area (Å²) in [6.07, 6.45) is 4.40. The van der Waals surface area contributed by atoms with Gasteiger partial charge in [0.2, 0.25) is 5.91 Å². The van der Waals surface area contributed by atoms with Crippen molar-refractivity contribution in [1.82, 2.24) is 4.90 Å². The molecule has 1 aliphatic carbocycles. The van der Waals surface area contributed by atoms with Crippen LogP contribution in [0.3, 0.4) is 0 Å². The molecule has 0 N–H and O–H groups in total. The predicted octanol–water partition coefficient (Wildman–Crippen LogP) is 3.56. The smallest absolute Gasteiger partial charge is 0.310 e. The molecule has 130 valence electrons. The first-order chi connectivity index (χ1) is 11.6. The van der Waals surface area contributed by atoms with Crippen molar-refractivity contribution < 1.29 is 14.3 Å². The van der Waals surface area contributed by atoms with E-state index in [1.54, 1.807) is 0 Å². The standard InChI is InChI=1S/C19H24ClNO3/c1-2-24-17(22)14-6-4-11-21(13-14)18(23)19(9-5-10-19)15-7-3-8-16(20)12-15/h3,7-8,12,14H,2,4-6,9-11,13H2,1H3. The quantitative estimate of drug-likeness (QED) is 0.781. The largest absolute Gasteiger partial charge is 0.466 e. The van der Waals surface area contributed by atoms with E-state index in [4.69, 9.17) is 16.3 Å². The van der Waals surface area contributed by atoms with Gasteiger partial charge in [-0.1, -0.05) is 30.2 Å². The van der Waals surface area contributed by atoms with Crippen LogP contribution in [0.5, 0.6) is 0 Å². The number of esters is 1. The minimum Gasteiger partial charge on any atom is -0.466 e. The van der Waals surface area contributed by atoms with E-state index in [2.05, 4.69) is 0 Å². The molecule has 5 heteroatoms. The lowest BCUT2D eigenvalue weighted by atomic mass is 9.63. The van der Waals surface area contributed by atoms with Gasteiger partial charge in [0.05, 0.1) is 17.9 Å². The second-order valence-corrected chi connectivity index (χ2v) is 7.22. The number of hydrogen-bond donors (Lipinski definition) is 0.